The summed E-state index contributed by atoms with van der Waals surface area (Å²) >= 11 is 0. The molecule has 5 atom stereocenters. The summed E-state index contributed by atoms with van der Waals surface area (Å²) in [7, 11) is 0. The van der Waals surface area contributed by atoms with Gasteiger partial charge in [0, 0.05) is 29.6 Å². The van der Waals surface area contributed by atoms with Gasteiger partial charge in [-0.15, -0.1) is 0 Å². The monoisotopic (exact) mass is 464 g/mol. The average molecular weight is 465 g/mol. The van der Waals surface area contributed by atoms with E-state index in [2.05, 4.69) is 89.6 Å². The summed E-state index contributed by atoms with van der Waals surface area (Å²) in [5.74, 6) is 9.86. The fourth-order valence-electron chi connectivity index (χ4n) is 5.30. The Morgan fingerprint density at radius 1 is 0.829 bits per heavy atom. The minimum absolute atomic E-state index is 0.286. The fraction of sp³-hybridized carbons (Fsp3) is 0.379. The highest BCUT2D eigenvalue weighted by atomic mass is 15.1. The van der Waals surface area contributed by atoms with Gasteiger partial charge in [0.05, 0.1) is 17.8 Å². The van der Waals surface area contributed by atoms with Gasteiger partial charge in [0.15, 0.2) is 0 Å². The first-order chi connectivity index (χ1) is 17.0. The van der Waals surface area contributed by atoms with Gasteiger partial charge >= 0.3 is 0 Å². The predicted octanol–water partition coefficient (Wildman–Crippen LogP) is 5.08. The smallest absolute Gasteiger partial charge is 0.131 e. The molecule has 2 aliphatic rings. The van der Waals surface area contributed by atoms with E-state index >= 15 is 0 Å². The van der Waals surface area contributed by atoms with E-state index in [1.54, 1.807) is 0 Å². The zero-order valence-corrected chi connectivity index (χ0v) is 20.5. The number of hydrogen-bond acceptors (Lipinski definition) is 4. The summed E-state index contributed by atoms with van der Waals surface area (Å²) in [5, 5.41) is 9.51. The lowest BCUT2D eigenvalue weighted by Gasteiger charge is -2.08. The molecule has 6 heteroatoms. The number of imidazole rings is 2. The maximum atomic E-state index is 4.87. The third-order valence-corrected chi connectivity index (χ3v) is 7.60. The molecule has 2 fully saturated rings. The number of fused-ring (bicyclic) bond motifs is 1. The molecule has 2 aromatic heterocycles. The molecule has 0 saturated carbocycles. The molecule has 6 rings (SSSR count). The fourth-order valence-corrected chi connectivity index (χ4v) is 5.30. The van der Waals surface area contributed by atoms with Crippen LogP contribution in [0.4, 0.5) is 0 Å². The van der Waals surface area contributed by atoms with E-state index in [9.17, 15) is 0 Å². The van der Waals surface area contributed by atoms with Gasteiger partial charge in [-0.1, -0.05) is 38.0 Å². The van der Waals surface area contributed by atoms with Gasteiger partial charge in [-0.05, 0) is 73.0 Å². The summed E-state index contributed by atoms with van der Waals surface area (Å²) in [6.07, 6.45) is 6.15. The Hall–Kier alpha value is -3.40. The lowest BCUT2D eigenvalue weighted by atomic mass is 10.0. The first-order valence-electron chi connectivity index (χ1n) is 12.7. The molecule has 0 bridgehead atoms. The summed E-state index contributed by atoms with van der Waals surface area (Å²) in [6, 6.07) is 14.0. The lowest BCUT2D eigenvalue weighted by molar-refractivity contribution is 0.516. The normalized spacial score (nSPS) is 26.2. The largest absolute Gasteiger partial charge is 0.347 e. The lowest BCUT2D eigenvalue weighted by Crippen LogP contribution is -2.24. The molecule has 4 heterocycles. The van der Waals surface area contributed by atoms with Gasteiger partial charge in [0.2, 0.25) is 0 Å². The summed E-state index contributed by atoms with van der Waals surface area (Å²) in [5.41, 5.74) is 3.88. The highest BCUT2D eigenvalue weighted by Crippen LogP contribution is 2.30. The molecule has 2 aromatic carbocycles. The minimum Gasteiger partial charge on any atom is -0.347 e. The van der Waals surface area contributed by atoms with Crippen LogP contribution in [0.1, 0.15) is 68.6 Å². The first-order valence-corrected chi connectivity index (χ1v) is 12.7. The highest BCUT2D eigenvalue weighted by molar-refractivity contribution is 5.88. The molecule has 0 unspecified atom stereocenters. The van der Waals surface area contributed by atoms with Gasteiger partial charge in [-0.3, -0.25) is 0 Å². The van der Waals surface area contributed by atoms with E-state index in [4.69, 9.17) is 9.97 Å². The van der Waals surface area contributed by atoms with E-state index in [0.717, 1.165) is 53.5 Å². The zero-order valence-electron chi connectivity index (χ0n) is 20.5. The first kappa shape index (κ1) is 22.1. The van der Waals surface area contributed by atoms with Gasteiger partial charge in [-0.2, -0.15) is 0 Å². The molecule has 6 nitrogen and oxygen atoms in total. The minimum atomic E-state index is 0.286. The average Bonchev–Trinajstić information content (AvgIpc) is 3.65. The van der Waals surface area contributed by atoms with Crippen LogP contribution in [0.15, 0.2) is 48.8 Å². The molecule has 35 heavy (non-hydrogen) atoms. The van der Waals surface area contributed by atoms with Crippen molar-refractivity contribution < 1.29 is 0 Å². The summed E-state index contributed by atoms with van der Waals surface area (Å²) < 4.78 is 0. The van der Waals surface area contributed by atoms with Crippen LogP contribution in [0.2, 0.25) is 0 Å². The molecule has 4 aromatic rings. The number of aromatic nitrogens is 4. The molecule has 0 radical (unpaired) electrons. The van der Waals surface area contributed by atoms with Crippen LogP contribution in [0.3, 0.4) is 0 Å². The third-order valence-electron chi connectivity index (χ3n) is 7.60. The Bertz CT molecular complexity index is 1410. The van der Waals surface area contributed by atoms with Crippen molar-refractivity contribution >= 4 is 10.8 Å². The summed E-state index contributed by atoms with van der Waals surface area (Å²) in [6.45, 7) is 7.85. The molecule has 2 aliphatic heterocycles. The van der Waals surface area contributed by atoms with Gasteiger partial charge in [-0.25, -0.2) is 9.97 Å². The highest BCUT2D eigenvalue weighted by Gasteiger charge is 2.30. The van der Waals surface area contributed by atoms with Gasteiger partial charge in [0.1, 0.15) is 17.3 Å². The molecular weight excluding hydrogens is 432 g/mol. The molecular formula is C29H32N6. The number of aromatic amines is 2. The molecule has 178 valence electrons. The molecule has 0 spiro atoms. The van der Waals surface area contributed by atoms with Crippen molar-refractivity contribution in [1.82, 2.24) is 30.6 Å². The van der Waals surface area contributed by atoms with Crippen LogP contribution in [-0.4, -0.2) is 32.5 Å². The topological polar surface area (TPSA) is 81.4 Å². The second-order valence-corrected chi connectivity index (χ2v) is 10.4. The van der Waals surface area contributed by atoms with Crippen molar-refractivity contribution in [1.29, 1.82) is 0 Å². The Balaban J connectivity index is 1.18. The quantitative estimate of drug-likeness (QED) is 0.319. The molecule has 0 amide bonds. The van der Waals surface area contributed by atoms with Crippen molar-refractivity contribution in [2.24, 2.45) is 11.8 Å². The van der Waals surface area contributed by atoms with E-state index in [1.807, 2.05) is 12.4 Å². The van der Waals surface area contributed by atoms with E-state index < -0.39 is 0 Å². The molecule has 4 N–H and O–H groups in total. The maximum Gasteiger partial charge on any atom is 0.131 e. The van der Waals surface area contributed by atoms with E-state index in [-0.39, 0.29) is 6.04 Å². The Morgan fingerprint density at radius 3 is 2.43 bits per heavy atom. The zero-order chi connectivity index (χ0) is 23.9. The van der Waals surface area contributed by atoms with Gasteiger partial charge < -0.3 is 20.6 Å². The Labute approximate surface area is 206 Å². The second-order valence-electron chi connectivity index (χ2n) is 10.4. The van der Waals surface area contributed by atoms with Gasteiger partial charge in [0.25, 0.3) is 0 Å². The Kier molecular flexibility index (Phi) is 5.68. The number of rotatable bonds is 3. The number of H-pyrrole nitrogens is 2. The summed E-state index contributed by atoms with van der Waals surface area (Å²) in [4.78, 5) is 16.3. The maximum absolute atomic E-state index is 4.87. The third kappa shape index (κ3) is 4.50. The number of nitrogens with zero attached hydrogens (tertiary/aromatic N) is 2. The number of nitrogens with one attached hydrogen (secondary N) is 4. The second kappa shape index (κ2) is 8.99. The van der Waals surface area contributed by atoms with Crippen LogP contribution in [0.5, 0.6) is 0 Å². The van der Waals surface area contributed by atoms with Crippen molar-refractivity contribution in [2.45, 2.75) is 51.7 Å². The van der Waals surface area contributed by atoms with Crippen molar-refractivity contribution in [3.63, 3.8) is 0 Å². The van der Waals surface area contributed by atoms with Crippen LogP contribution in [-0.2, 0) is 0 Å². The SMILES string of the molecule is C[C@@H]1CN[C@H](c2nc(-c3ccc4cc(C#Cc5c[nH]c([C@@H]6C[C@@H](C)[C@@H](C)N6)n5)ccc4c3)c[nH]2)C1. The van der Waals surface area contributed by atoms with Crippen molar-refractivity contribution in [2.75, 3.05) is 6.54 Å². The van der Waals surface area contributed by atoms with Crippen LogP contribution >= 0.6 is 0 Å². The number of hydrogen-bond donors (Lipinski definition) is 4. The molecule has 2 saturated heterocycles. The van der Waals surface area contributed by atoms with E-state index in [0.29, 0.717) is 23.9 Å². The van der Waals surface area contributed by atoms with Crippen LogP contribution in [0, 0.1) is 23.7 Å². The van der Waals surface area contributed by atoms with Crippen molar-refractivity contribution in [3.8, 4) is 23.1 Å². The van der Waals surface area contributed by atoms with E-state index in [1.165, 1.54) is 10.8 Å². The van der Waals surface area contributed by atoms with Crippen LogP contribution < -0.4 is 10.6 Å². The Morgan fingerprint density at radius 2 is 1.63 bits per heavy atom. The van der Waals surface area contributed by atoms with Crippen molar-refractivity contribution in [3.05, 3.63) is 71.7 Å². The predicted molar refractivity (Wildman–Crippen MR) is 140 cm³/mol. The molecule has 0 aliphatic carbocycles. The standard InChI is InChI=1S/C29H32N6/c1-17-10-25(30-14-17)28-32-16-27(35-28)23-8-7-21-12-20(4-6-22(21)13-23)5-9-24-15-31-29(34-24)26-11-18(2)19(3)33-26/h4,6-8,12-13,15-19,25-26,30,33H,10-11,14H2,1-3H3,(H,31,34)(H,32,35)/t17-,18+,19+,25-,26-/m0/s1. The number of benzene rings is 2. The van der Waals surface area contributed by atoms with Crippen LogP contribution in [0.25, 0.3) is 22.0 Å².